The van der Waals surface area contributed by atoms with Gasteiger partial charge in [0.2, 0.25) is 0 Å². The second kappa shape index (κ2) is 3.35. The number of hydrogen-bond acceptors (Lipinski definition) is 3. The van der Waals surface area contributed by atoms with Gasteiger partial charge in [-0.25, -0.2) is 0 Å². The summed E-state index contributed by atoms with van der Waals surface area (Å²) in [5, 5.41) is 16.6. The van der Waals surface area contributed by atoms with Crippen molar-refractivity contribution >= 4 is 0 Å². The molecular weight excluding hydrogens is 188 g/mol. The summed E-state index contributed by atoms with van der Waals surface area (Å²) in [6.45, 7) is 0. The first-order valence-corrected chi connectivity index (χ1v) is 5.56. The van der Waals surface area contributed by atoms with Crippen LogP contribution in [0.4, 0.5) is 0 Å². The molecule has 4 nitrogen and oxygen atoms in total. The quantitative estimate of drug-likeness (QED) is 0.744. The van der Waals surface area contributed by atoms with Gasteiger partial charge in [-0.1, -0.05) is 0 Å². The Balaban J connectivity index is 1.80. The molecule has 3 heterocycles. The highest BCUT2D eigenvalue weighted by Gasteiger charge is 2.34. The van der Waals surface area contributed by atoms with Crippen LogP contribution < -0.4 is 5.32 Å². The molecule has 78 valence electrons. The minimum Gasteiger partial charge on any atom is -0.311 e. The maximum absolute atomic E-state index is 8.73. The van der Waals surface area contributed by atoms with Crippen LogP contribution in [0.1, 0.15) is 37.4 Å². The third-order valence-electron chi connectivity index (χ3n) is 3.55. The second-order valence-corrected chi connectivity index (χ2v) is 4.56. The van der Waals surface area contributed by atoms with E-state index in [0.717, 1.165) is 12.8 Å². The topological polar surface area (TPSA) is 53.6 Å². The lowest BCUT2D eigenvalue weighted by molar-refractivity contribution is 0.281. The molecule has 2 saturated heterocycles. The molecule has 0 spiro atoms. The molecule has 2 aliphatic rings. The van der Waals surface area contributed by atoms with Crippen LogP contribution in [-0.2, 0) is 0 Å². The van der Waals surface area contributed by atoms with Gasteiger partial charge in [0, 0.05) is 18.3 Å². The van der Waals surface area contributed by atoms with Crippen molar-refractivity contribution in [2.45, 2.75) is 43.8 Å². The number of hydrogen-bond donors (Lipinski definition) is 1. The van der Waals surface area contributed by atoms with Gasteiger partial charge in [0.15, 0.2) is 5.69 Å². The molecule has 0 aliphatic carbocycles. The molecule has 3 atom stereocenters. The maximum atomic E-state index is 8.73. The largest absolute Gasteiger partial charge is 0.311 e. The zero-order valence-electron chi connectivity index (χ0n) is 8.56. The Bertz CT molecular complexity index is 391. The summed E-state index contributed by atoms with van der Waals surface area (Å²) in [4.78, 5) is 0. The monoisotopic (exact) mass is 202 g/mol. The molecule has 2 fully saturated rings. The molecule has 0 radical (unpaired) electrons. The molecule has 15 heavy (non-hydrogen) atoms. The van der Waals surface area contributed by atoms with E-state index in [4.69, 9.17) is 5.26 Å². The number of piperidine rings is 1. The number of nitrogens with one attached hydrogen (secondary N) is 1. The fraction of sp³-hybridized carbons (Fsp3) is 0.636. The van der Waals surface area contributed by atoms with Crippen LogP contribution in [0, 0.1) is 11.3 Å². The molecule has 0 amide bonds. The van der Waals surface area contributed by atoms with Gasteiger partial charge in [0.25, 0.3) is 0 Å². The van der Waals surface area contributed by atoms with Crippen molar-refractivity contribution in [3.05, 3.63) is 18.0 Å². The van der Waals surface area contributed by atoms with Crippen LogP contribution in [0.5, 0.6) is 0 Å². The van der Waals surface area contributed by atoms with E-state index >= 15 is 0 Å². The molecule has 2 bridgehead atoms. The molecule has 1 aromatic heterocycles. The van der Waals surface area contributed by atoms with Gasteiger partial charge in [-0.2, -0.15) is 10.4 Å². The highest BCUT2D eigenvalue weighted by molar-refractivity contribution is 5.17. The second-order valence-electron chi connectivity index (χ2n) is 4.56. The average molecular weight is 202 g/mol. The summed E-state index contributed by atoms with van der Waals surface area (Å²) in [5.74, 6) is 0. The van der Waals surface area contributed by atoms with Crippen molar-refractivity contribution in [1.82, 2.24) is 15.1 Å². The van der Waals surface area contributed by atoms with Gasteiger partial charge in [-0.05, 0) is 31.7 Å². The van der Waals surface area contributed by atoms with Crippen molar-refractivity contribution in [2.24, 2.45) is 0 Å². The number of fused-ring (bicyclic) bond motifs is 2. The summed E-state index contributed by atoms with van der Waals surface area (Å²) in [6.07, 6.45) is 6.85. The van der Waals surface area contributed by atoms with E-state index in [1.165, 1.54) is 12.8 Å². The Morgan fingerprint density at radius 2 is 2.13 bits per heavy atom. The van der Waals surface area contributed by atoms with E-state index in [2.05, 4.69) is 16.5 Å². The summed E-state index contributed by atoms with van der Waals surface area (Å²) in [7, 11) is 0. The molecule has 2 aliphatic heterocycles. The predicted octanol–water partition coefficient (Wildman–Crippen LogP) is 1.21. The lowest BCUT2D eigenvalue weighted by Gasteiger charge is -2.29. The third-order valence-corrected chi connectivity index (χ3v) is 3.55. The van der Waals surface area contributed by atoms with Gasteiger partial charge in [0.1, 0.15) is 6.07 Å². The first-order valence-electron chi connectivity index (χ1n) is 5.56. The number of aromatic nitrogens is 2. The molecule has 1 aromatic rings. The van der Waals surface area contributed by atoms with Crippen molar-refractivity contribution in [3.63, 3.8) is 0 Å². The van der Waals surface area contributed by atoms with Crippen molar-refractivity contribution < 1.29 is 0 Å². The Morgan fingerprint density at radius 1 is 1.40 bits per heavy atom. The Morgan fingerprint density at radius 3 is 2.73 bits per heavy atom. The first-order chi connectivity index (χ1) is 7.35. The lowest BCUT2D eigenvalue weighted by atomic mass is 10.0. The first kappa shape index (κ1) is 8.93. The zero-order chi connectivity index (χ0) is 10.3. The lowest BCUT2D eigenvalue weighted by Crippen LogP contribution is -2.39. The Labute approximate surface area is 88.9 Å². The number of nitriles is 1. The van der Waals surface area contributed by atoms with E-state index in [0.29, 0.717) is 23.8 Å². The Kier molecular flexibility index (Phi) is 2.00. The predicted molar refractivity (Wildman–Crippen MR) is 55.2 cm³/mol. The smallest absolute Gasteiger partial charge is 0.162 e. The third kappa shape index (κ3) is 1.53. The van der Waals surface area contributed by atoms with E-state index in [9.17, 15) is 0 Å². The van der Waals surface area contributed by atoms with Gasteiger partial charge < -0.3 is 5.32 Å². The molecule has 0 saturated carbocycles. The molecule has 3 rings (SSSR count). The molecular formula is C11H14N4. The molecule has 1 N–H and O–H groups in total. The van der Waals surface area contributed by atoms with Crippen molar-refractivity contribution in [1.29, 1.82) is 5.26 Å². The fourth-order valence-electron chi connectivity index (χ4n) is 2.84. The summed E-state index contributed by atoms with van der Waals surface area (Å²) in [6, 6.07) is 5.70. The Hall–Kier alpha value is -1.34. The van der Waals surface area contributed by atoms with E-state index in [1.54, 1.807) is 6.07 Å². The van der Waals surface area contributed by atoms with Crippen LogP contribution in [0.3, 0.4) is 0 Å². The minimum absolute atomic E-state index is 0.492. The highest BCUT2D eigenvalue weighted by atomic mass is 15.3. The van der Waals surface area contributed by atoms with E-state index in [-0.39, 0.29) is 0 Å². The highest BCUT2D eigenvalue weighted by Crippen LogP contribution is 2.33. The minimum atomic E-state index is 0.492. The van der Waals surface area contributed by atoms with Gasteiger partial charge in [0.05, 0.1) is 6.04 Å². The SMILES string of the molecule is N#Cc1ccn([C@@H]2C[C@H]3CC[C@@H](C2)N3)n1. The molecule has 0 unspecified atom stereocenters. The van der Waals surface area contributed by atoms with Crippen LogP contribution in [-0.4, -0.2) is 21.9 Å². The zero-order valence-corrected chi connectivity index (χ0v) is 8.56. The van der Waals surface area contributed by atoms with Crippen LogP contribution in [0.15, 0.2) is 12.3 Å². The van der Waals surface area contributed by atoms with Crippen LogP contribution >= 0.6 is 0 Å². The molecule has 0 aromatic carbocycles. The van der Waals surface area contributed by atoms with Gasteiger partial charge in [-0.3, -0.25) is 4.68 Å². The normalized spacial score (nSPS) is 33.9. The van der Waals surface area contributed by atoms with Crippen LogP contribution in [0.25, 0.3) is 0 Å². The average Bonchev–Trinajstić information content (AvgIpc) is 2.85. The van der Waals surface area contributed by atoms with Crippen molar-refractivity contribution in [2.75, 3.05) is 0 Å². The number of rotatable bonds is 1. The van der Waals surface area contributed by atoms with E-state index in [1.807, 2.05) is 10.9 Å². The summed E-state index contributed by atoms with van der Waals surface area (Å²) in [5.41, 5.74) is 0.529. The van der Waals surface area contributed by atoms with Crippen molar-refractivity contribution in [3.8, 4) is 6.07 Å². The summed E-state index contributed by atoms with van der Waals surface area (Å²) < 4.78 is 1.98. The van der Waals surface area contributed by atoms with Gasteiger partial charge >= 0.3 is 0 Å². The van der Waals surface area contributed by atoms with Gasteiger partial charge in [-0.15, -0.1) is 0 Å². The van der Waals surface area contributed by atoms with E-state index < -0.39 is 0 Å². The fourth-order valence-corrected chi connectivity index (χ4v) is 2.84. The molecule has 4 heteroatoms. The maximum Gasteiger partial charge on any atom is 0.162 e. The summed E-state index contributed by atoms with van der Waals surface area (Å²) >= 11 is 0. The standard InChI is InChI=1S/C11H14N4/c12-7-10-3-4-15(14-10)11-5-8-1-2-9(6-11)13-8/h3-4,8-9,11,13H,1-2,5-6H2/t8-,9+,11-. The van der Waals surface area contributed by atoms with Crippen LogP contribution in [0.2, 0.25) is 0 Å². The number of nitrogens with zero attached hydrogens (tertiary/aromatic N) is 3.